The van der Waals surface area contributed by atoms with E-state index < -0.39 is 0 Å². The number of nitrogens with one attached hydrogen (secondary N) is 2. The van der Waals surface area contributed by atoms with Gasteiger partial charge in [0.2, 0.25) is 0 Å². The van der Waals surface area contributed by atoms with Gasteiger partial charge in [-0.15, -0.1) is 0 Å². The third kappa shape index (κ3) is 4.49. The van der Waals surface area contributed by atoms with Crippen molar-refractivity contribution >= 4 is 23.1 Å². The summed E-state index contributed by atoms with van der Waals surface area (Å²) in [4.78, 5) is 21.8. The summed E-state index contributed by atoms with van der Waals surface area (Å²) in [5, 5.41) is 6.47. The minimum atomic E-state index is -0.0103. The molecule has 32 heavy (non-hydrogen) atoms. The maximum absolute atomic E-state index is 12.6. The van der Waals surface area contributed by atoms with Crippen LogP contribution in [0, 0.1) is 6.92 Å². The van der Waals surface area contributed by atoms with Crippen LogP contribution in [0.3, 0.4) is 0 Å². The van der Waals surface area contributed by atoms with Crippen LogP contribution in [0.2, 0.25) is 0 Å². The molecule has 0 atom stereocenters. The first-order valence-electron chi connectivity index (χ1n) is 11.6. The zero-order valence-corrected chi connectivity index (χ0v) is 18.7. The number of carbonyl (C=O) groups is 1. The Kier molecular flexibility index (Phi) is 6.10. The first-order valence-corrected chi connectivity index (χ1v) is 11.6. The second kappa shape index (κ2) is 9.30. The number of rotatable bonds is 4. The molecule has 7 heteroatoms. The summed E-state index contributed by atoms with van der Waals surface area (Å²) in [5.74, 6) is 0.986. The van der Waals surface area contributed by atoms with E-state index in [2.05, 4.69) is 52.8 Å². The molecule has 2 N–H and O–H groups in total. The molecular weight excluding hydrogens is 402 g/mol. The van der Waals surface area contributed by atoms with E-state index in [-0.39, 0.29) is 6.03 Å². The summed E-state index contributed by atoms with van der Waals surface area (Å²) in [5.41, 5.74) is 6.49. The van der Waals surface area contributed by atoms with Gasteiger partial charge in [0.15, 0.2) is 0 Å². The number of hydrogen-bond donors (Lipinski definition) is 2. The summed E-state index contributed by atoms with van der Waals surface area (Å²) < 4.78 is 5.55. The minimum Gasteiger partial charge on any atom is -0.378 e. The molecule has 0 unspecified atom stereocenters. The van der Waals surface area contributed by atoms with Crippen molar-refractivity contribution in [3.05, 3.63) is 47.7 Å². The van der Waals surface area contributed by atoms with Gasteiger partial charge in [0.1, 0.15) is 5.82 Å². The molecule has 0 spiro atoms. The van der Waals surface area contributed by atoms with Gasteiger partial charge in [-0.2, -0.15) is 0 Å². The molecule has 168 valence electrons. The molecule has 1 aromatic carbocycles. The highest BCUT2D eigenvalue weighted by molar-refractivity contribution is 5.91. The highest BCUT2D eigenvalue weighted by Gasteiger charge is 2.20. The molecule has 3 aliphatic rings. The van der Waals surface area contributed by atoms with Crippen LogP contribution >= 0.6 is 0 Å². The lowest BCUT2D eigenvalue weighted by Crippen LogP contribution is -2.36. The summed E-state index contributed by atoms with van der Waals surface area (Å²) in [7, 11) is 0. The predicted molar refractivity (Wildman–Crippen MR) is 128 cm³/mol. The molecule has 2 amide bonds. The maximum Gasteiger partial charge on any atom is 0.321 e. The molecule has 1 aromatic heterocycles. The number of urea groups is 1. The van der Waals surface area contributed by atoms with Gasteiger partial charge < -0.3 is 25.2 Å². The molecule has 0 radical (unpaired) electrons. The monoisotopic (exact) mass is 433 g/mol. The van der Waals surface area contributed by atoms with Gasteiger partial charge in [-0.1, -0.05) is 12.1 Å². The zero-order valence-electron chi connectivity index (χ0n) is 18.7. The van der Waals surface area contributed by atoms with Crippen LogP contribution in [0.15, 0.2) is 36.4 Å². The quantitative estimate of drug-likeness (QED) is 0.772. The maximum atomic E-state index is 12.6. The molecule has 4 heterocycles. The summed E-state index contributed by atoms with van der Waals surface area (Å²) >= 11 is 0. The summed E-state index contributed by atoms with van der Waals surface area (Å²) in [6.07, 6.45) is 4.39. The zero-order chi connectivity index (χ0) is 21.9. The number of aromatic nitrogens is 1. The topological polar surface area (TPSA) is 69.7 Å². The summed E-state index contributed by atoms with van der Waals surface area (Å²) in [6.45, 7) is 8.65. The van der Waals surface area contributed by atoms with E-state index in [0.29, 0.717) is 0 Å². The average molecular weight is 434 g/mol. The highest BCUT2D eigenvalue weighted by atomic mass is 16.5. The second-order valence-corrected chi connectivity index (χ2v) is 8.71. The lowest BCUT2D eigenvalue weighted by Gasteiger charge is -2.28. The van der Waals surface area contributed by atoms with Crippen molar-refractivity contribution in [3.8, 4) is 11.1 Å². The van der Waals surface area contributed by atoms with Gasteiger partial charge in [0.05, 0.1) is 18.9 Å². The Morgan fingerprint density at radius 1 is 1.09 bits per heavy atom. The molecule has 0 saturated carbocycles. The van der Waals surface area contributed by atoms with Crippen molar-refractivity contribution < 1.29 is 9.53 Å². The molecule has 7 nitrogen and oxygen atoms in total. The Morgan fingerprint density at radius 2 is 1.91 bits per heavy atom. The molecule has 0 bridgehead atoms. The summed E-state index contributed by atoms with van der Waals surface area (Å²) in [6, 6.07) is 10.5. The van der Waals surface area contributed by atoms with Crippen LogP contribution < -0.4 is 15.5 Å². The van der Waals surface area contributed by atoms with Crippen LogP contribution in [0.4, 0.5) is 16.3 Å². The van der Waals surface area contributed by atoms with Crippen LogP contribution in [-0.4, -0.2) is 68.4 Å². The molecule has 3 aliphatic heterocycles. The van der Waals surface area contributed by atoms with E-state index in [4.69, 9.17) is 9.72 Å². The number of pyridine rings is 1. The average Bonchev–Trinajstić information content (AvgIpc) is 3.55. The van der Waals surface area contributed by atoms with E-state index in [9.17, 15) is 4.79 Å². The molecule has 2 aromatic rings. The number of hydrogen-bond acceptors (Lipinski definition) is 5. The minimum absolute atomic E-state index is 0.0103. The molecule has 2 saturated heterocycles. The number of carbonyl (C=O) groups excluding carboxylic acids is 1. The van der Waals surface area contributed by atoms with Gasteiger partial charge in [-0.25, -0.2) is 9.78 Å². The Hall–Kier alpha value is -2.90. The van der Waals surface area contributed by atoms with Crippen LogP contribution in [0.25, 0.3) is 16.7 Å². The first-order chi connectivity index (χ1) is 15.7. The smallest absolute Gasteiger partial charge is 0.321 e. The fraction of sp³-hybridized carbons (Fsp3) is 0.440. The van der Waals surface area contributed by atoms with Crippen molar-refractivity contribution in [1.29, 1.82) is 0 Å². The van der Waals surface area contributed by atoms with Crippen molar-refractivity contribution in [3.63, 3.8) is 0 Å². The van der Waals surface area contributed by atoms with Crippen LogP contribution in [-0.2, 0) is 4.74 Å². The number of likely N-dealkylation sites (tertiary alicyclic amines) is 1. The van der Waals surface area contributed by atoms with E-state index in [1.165, 1.54) is 11.1 Å². The fourth-order valence-corrected chi connectivity index (χ4v) is 4.59. The normalized spacial score (nSPS) is 18.7. The Bertz CT molecular complexity index is 1020. The Balaban J connectivity index is 1.49. The van der Waals surface area contributed by atoms with E-state index >= 15 is 0 Å². The number of aryl methyl sites for hydroxylation is 1. The first kappa shape index (κ1) is 21.0. The van der Waals surface area contributed by atoms with Crippen LogP contribution in [0.1, 0.15) is 24.1 Å². The van der Waals surface area contributed by atoms with Crippen LogP contribution in [0.5, 0.6) is 0 Å². The SMILES string of the molecule is Cc1ccc(NC(=O)N2CCCC2)cc1-c1cc(C2=CCNC2)nc(N2CCOCC2)c1. The van der Waals surface area contributed by atoms with Gasteiger partial charge in [0.25, 0.3) is 0 Å². The third-order valence-electron chi connectivity index (χ3n) is 6.48. The lowest BCUT2D eigenvalue weighted by molar-refractivity contribution is 0.122. The number of amides is 2. The number of ether oxygens (including phenoxy) is 1. The van der Waals surface area contributed by atoms with E-state index in [0.717, 1.165) is 93.7 Å². The Morgan fingerprint density at radius 3 is 2.66 bits per heavy atom. The number of anilines is 2. The van der Waals surface area contributed by atoms with E-state index in [1.807, 2.05) is 11.0 Å². The predicted octanol–water partition coefficient (Wildman–Crippen LogP) is 3.51. The molecule has 2 fully saturated rings. The standard InChI is InChI=1S/C25H31N5O2/c1-18-4-5-21(27-25(31)30-8-2-3-9-30)16-22(18)20-14-23(19-6-7-26-17-19)28-24(15-20)29-10-12-32-13-11-29/h4-6,14-16,26H,2-3,7-13,17H2,1H3,(H,27,31). The molecule has 0 aliphatic carbocycles. The van der Waals surface area contributed by atoms with Gasteiger partial charge >= 0.3 is 6.03 Å². The largest absolute Gasteiger partial charge is 0.378 e. The van der Waals surface area contributed by atoms with Crippen molar-refractivity contribution in [2.75, 3.05) is 62.7 Å². The fourth-order valence-electron chi connectivity index (χ4n) is 4.59. The lowest BCUT2D eigenvalue weighted by atomic mass is 9.98. The molecule has 5 rings (SSSR count). The molecular formula is C25H31N5O2. The van der Waals surface area contributed by atoms with Gasteiger partial charge in [-0.05, 0) is 66.3 Å². The third-order valence-corrected chi connectivity index (χ3v) is 6.48. The second-order valence-electron chi connectivity index (χ2n) is 8.71. The highest BCUT2D eigenvalue weighted by Crippen LogP contribution is 2.32. The van der Waals surface area contributed by atoms with Crippen molar-refractivity contribution in [2.45, 2.75) is 19.8 Å². The van der Waals surface area contributed by atoms with Gasteiger partial charge in [-0.3, -0.25) is 0 Å². The number of benzene rings is 1. The van der Waals surface area contributed by atoms with Gasteiger partial charge in [0, 0.05) is 45.0 Å². The number of nitrogens with zero attached hydrogens (tertiary/aromatic N) is 3. The Labute approximate surface area is 189 Å². The van der Waals surface area contributed by atoms with E-state index in [1.54, 1.807) is 0 Å². The van der Waals surface area contributed by atoms with Crippen molar-refractivity contribution in [2.24, 2.45) is 0 Å². The number of morpholine rings is 1. The van der Waals surface area contributed by atoms with Crippen molar-refractivity contribution in [1.82, 2.24) is 15.2 Å².